The second-order valence-corrected chi connectivity index (χ2v) is 5.42. The molecule has 1 saturated heterocycles. The van der Waals surface area contributed by atoms with Gasteiger partial charge >= 0.3 is 0 Å². The summed E-state index contributed by atoms with van der Waals surface area (Å²) in [5, 5.41) is 0. The van der Waals surface area contributed by atoms with Crippen molar-refractivity contribution in [3.05, 3.63) is 42.5 Å². The summed E-state index contributed by atoms with van der Waals surface area (Å²) in [5.41, 5.74) is 1.08. The van der Waals surface area contributed by atoms with Gasteiger partial charge in [-0.25, -0.2) is 15.0 Å². The lowest BCUT2D eigenvalue weighted by Crippen LogP contribution is -2.42. The van der Waals surface area contributed by atoms with E-state index in [0.717, 1.165) is 50.6 Å². The van der Waals surface area contributed by atoms with Gasteiger partial charge in [-0.2, -0.15) is 0 Å². The van der Waals surface area contributed by atoms with Crippen LogP contribution in [0.1, 0.15) is 17.9 Å². The van der Waals surface area contributed by atoms with Crippen molar-refractivity contribution >= 4 is 0 Å². The SMILES string of the molecule is Cn1ccnc1CN1CCO[C@H](CCc2ccncn2)C1. The molecule has 3 heterocycles. The molecule has 6 heteroatoms. The van der Waals surface area contributed by atoms with E-state index in [1.54, 1.807) is 12.5 Å². The molecule has 0 bridgehead atoms. The van der Waals surface area contributed by atoms with Crippen molar-refractivity contribution in [2.75, 3.05) is 19.7 Å². The van der Waals surface area contributed by atoms with Crippen LogP contribution >= 0.6 is 0 Å². The monoisotopic (exact) mass is 287 g/mol. The molecule has 0 amide bonds. The van der Waals surface area contributed by atoms with Crippen molar-refractivity contribution in [2.24, 2.45) is 7.05 Å². The Morgan fingerprint density at radius 3 is 3.05 bits per heavy atom. The van der Waals surface area contributed by atoms with Crippen LogP contribution in [-0.2, 0) is 24.8 Å². The van der Waals surface area contributed by atoms with Crippen LogP contribution in [0.15, 0.2) is 31.0 Å². The Balaban J connectivity index is 1.50. The zero-order chi connectivity index (χ0) is 14.5. The Labute approximate surface area is 124 Å². The highest BCUT2D eigenvalue weighted by Crippen LogP contribution is 2.13. The van der Waals surface area contributed by atoms with Crippen LogP contribution in [0.4, 0.5) is 0 Å². The van der Waals surface area contributed by atoms with E-state index >= 15 is 0 Å². The largest absolute Gasteiger partial charge is 0.376 e. The quantitative estimate of drug-likeness (QED) is 0.822. The van der Waals surface area contributed by atoms with Crippen molar-refractivity contribution in [3.8, 4) is 0 Å². The first kappa shape index (κ1) is 14.2. The number of aromatic nitrogens is 4. The van der Waals surface area contributed by atoms with Gasteiger partial charge in [-0.15, -0.1) is 0 Å². The zero-order valence-electron chi connectivity index (χ0n) is 12.4. The Bertz CT molecular complexity index is 556. The van der Waals surface area contributed by atoms with Gasteiger partial charge in [0.1, 0.15) is 12.2 Å². The van der Waals surface area contributed by atoms with Gasteiger partial charge in [-0.1, -0.05) is 0 Å². The normalized spacial score (nSPS) is 19.8. The summed E-state index contributed by atoms with van der Waals surface area (Å²) in [6.45, 7) is 3.60. The van der Waals surface area contributed by atoms with Gasteiger partial charge < -0.3 is 9.30 Å². The van der Waals surface area contributed by atoms with Crippen LogP contribution in [0.2, 0.25) is 0 Å². The van der Waals surface area contributed by atoms with Gasteiger partial charge in [0.15, 0.2) is 0 Å². The molecule has 0 spiro atoms. The molecule has 2 aromatic rings. The van der Waals surface area contributed by atoms with E-state index in [9.17, 15) is 0 Å². The molecule has 0 aliphatic carbocycles. The lowest BCUT2D eigenvalue weighted by atomic mass is 10.1. The average molecular weight is 287 g/mol. The van der Waals surface area contributed by atoms with E-state index in [1.807, 2.05) is 25.5 Å². The van der Waals surface area contributed by atoms with E-state index < -0.39 is 0 Å². The van der Waals surface area contributed by atoms with E-state index in [2.05, 4.69) is 24.4 Å². The summed E-state index contributed by atoms with van der Waals surface area (Å²) < 4.78 is 7.94. The van der Waals surface area contributed by atoms with Crippen LogP contribution in [0.5, 0.6) is 0 Å². The molecule has 1 aliphatic rings. The maximum Gasteiger partial charge on any atom is 0.122 e. The Morgan fingerprint density at radius 2 is 2.29 bits per heavy atom. The smallest absolute Gasteiger partial charge is 0.122 e. The number of imidazole rings is 1. The molecule has 0 aromatic carbocycles. The molecule has 21 heavy (non-hydrogen) atoms. The second-order valence-electron chi connectivity index (χ2n) is 5.42. The van der Waals surface area contributed by atoms with Crippen LogP contribution in [0, 0.1) is 0 Å². The molecule has 0 saturated carbocycles. The number of aryl methyl sites for hydroxylation is 2. The van der Waals surface area contributed by atoms with Gasteiger partial charge in [0.25, 0.3) is 0 Å². The van der Waals surface area contributed by atoms with Crippen LogP contribution in [0.3, 0.4) is 0 Å². The highest BCUT2D eigenvalue weighted by Gasteiger charge is 2.21. The second kappa shape index (κ2) is 6.78. The average Bonchev–Trinajstić information content (AvgIpc) is 2.92. The predicted octanol–water partition coefficient (Wildman–Crippen LogP) is 1.04. The molecule has 0 radical (unpaired) electrons. The van der Waals surface area contributed by atoms with Crippen molar-refractivity contribution in [3.63, 3.8) is 0 Å². The van der Waals surface area contributed by atoms with E-state index in [1.165, 1.54) is 0 Å². The first-order chi connectivity index (χ1) is 10.3. The van der Waals surface area contributed by atoms with Gasteiger partial charge in [-0.3, -0.25) is 4.90 Å². The highest BCUT2D eigenvalue weighted by atomic mass is 16.5. The summed E-state index contributed by atoms with van der Waals surface area (Å²) >= 11 is 0. The first-order valence-electron chi connectivity index (χ1n) is 7.36. The molecule has 1 atom stereocenters. The van der Waals surface area contributed by atoms with Crippen molar-refractivity contribution in [2.45, 2.75) is 25.5 Å². The molecule has 6 nitrogen and oxygen atoms in total. The van der Waals surface area contributed by atoms with Crippen molar-refractivity contribution < 1.29 is 4.74 Å². The molecule has 2 aromatic heterocycles. The Kier molecular flexibility index (Phi) is 4.57. The van der Waals surface area contributed by atoms with Crippen LogP contribution in [0.25, 0.3) is 0 Å². The number of hydrogen-bond donors (Lipinski definition) is 0. The fraction of sp³-hybridized carbons (Fsp3) is 0.533. The maximum atomic E-state index is 5.87. The topological polar surface area (TPSA) is 56.1 Å². The summed E-state index contributed by atoms with van der Waals surface area (Å²) in [6.07, 6.45) is 9.43. The molecule has 1 aliphatic heterocycles. The summed E-state index contributed by atoms with van der Waals surface area (Å²) in [4.78, 5) is 15.0. The van der Waals surface area contributed by atoms with E-state index in [4.69, 9.17) is 4.74 Å². The van der Waals surface area contributed by atoms with E-state index in [-0.39, 0.29) is 6.10 Å². The minimum Gasteiger partial charge on any atom is -0.376 e. The van der Waals surface area contributed by atoms with Gasteiger partial charge in [-0.05, 0) is 18.9 Å². The minimum absolute atomic E-state index is 0.272. The zero-order valence-corrected chi connectivity index (χ0v) is 12.4. The highest BCUT2D eigenvalue weighted by molar-refractivity contribution is 4.98. The van der Waals surface area contributed by atoms with Gasteiger partial charge in [0.05, 0.1) is 19.3 Å². The standard InChI is InChI=1S/C15H21N5O/c1-19-7-6-17-15(19)11-20-8-9-21-14(10-20)3-2-13-4-5-16-12-18-13/h4-7,12,14H,2-3,8-11H2,1H3/t14-/m1/s1. The number of ether oxygens (including phenoxy) is 1. The molecular weight excluding hydrogens is 266 g/mol. The van der Waals surface area contributed by atoms with E-state index in [0.29, 0.717) is 0 Å². The number of nitrogens with zero attached hydrogens (tertiary/aromatic N) is 5. The lowest BCUT2D eigenvalue weighted by Gasteiger charge is -2.32. The van der Waals surface area contributed by atoms with Crippen LogP contribution < -0.4 is 0 Å². The molecule has 112 valence electrons. The molecule has 1 fully saturated rings. The van der Waals surface area contributed by atoms with Gasteiger partial charge in [0.2, 0.25) is 0 Å². The first-order valence-corrected chi connectivity index (χ1v) is 7.36. The molecule has 0 N–H and O–H groups in total. The molecule has 0 unspecified atom stereocenters. The summed E-state index contributed by atoms with van der Waals surface area (Å²) in [7, 11) is 2.04. The number of hydrogen-bond acceptors (Lipinski definition) is 5. The number of morpholine rings is 1. The summed E-state index contributed by atoms with van der Waals surface area (Å²) in [5.74, 6) is 1.10. The minimum atomic E-state index is 0.272. The third kappa shape index (κ3) is 3.86. The Morgan fingerprint density at radius 1 is 1.33 bits per heavy atom. The Hall–Kier alpha value is -1.79. The van der Waals surface area contributed by atoms with Gasteiger partial charge in [0, 0.05) is 44.4 Å². The van der Waals surface area contributed by atoms with Crippen molar-refractivity contribution in [1.29, 1.82) is 0 Å². The molecule has 3 rings (SSSR count). The third-order valence-corrected chi connectivity index (χ3v) is 3.87. The third-order valence-electron chi connectivity index (χ3n) is 3.87. The maximum absolute atomic E-state index is 5.87. The van der Waals surface area contributed by atoms with Crippen molar-refractivity contribution in [1.82, 2.24) is 24.4 Å². The molecular formula is C15H21N5O. The number of rotatable bonds is 5. The fourth-order valence-electron chi connectivity index (χ4n) is 2.62. The lowest BCUT2D eigenvalue weighted by molar-refractivity contribution is -0.0356. The predicted molar refractivity (Wildman–Crippen MR) is 78.6 cm³/mol. The van der Waals surface area contributed by atoms with Crippen LogP contribution in [-0.4, -0.2) is 50.2 Å². The fourth-order valence-corrected chi connectivity index (χ4v) is 2.62. The summed E-state index contributed by atoms with van der Waals surface area (Å²) in [6, 6.07) is 1.97.